The molecule has 0 heterocycles. The number of hydrogen-bond donors (Lipinski definition) is 0. The van der Waals surface area contributed by atoms with Gasteiger partial charge in [0.2, 0.25) is 0 Å². The third kappa shape index (κ3) is 5.71. The Morgan fingerprint density at radius 2 is 1.70 bits per heavy atom. The lowest BCUT2D eigenvalue weighted by atomic mass is 10.2. The van der Waals surface area contributed by atoms with Crippen molar-refractivity contribution in [1.82, 2.24) is 0 Å². The highest BCUT2D eigenvalue weighted by Gasteiger charge is 2.16. The van der Waals surface area contributed by atoms with E-state index < -0.39 is 5.60 Å². The molecule has 0 aliphatic carbocycles. The average molecular weight is 410 g/mol. The molecule has 0 atom stereocenters. The molecule has 0 fully saturated rings. The van der Waals surface area contributed by atoms with Gasteiger partial charge in [-0.25, -0.2) is 0 Å². The Morgan fingerprint density at radius 3 is 2.25 bits per heavy atom. The Morgan fingerprint density at radius 1 is 1.15 bits per heavy atom. The van der Waals surface area contributed by atoms with Gasteiger partial charge in [-0.3, -0.25) is 4.79 Å². The number of rotatable bonds is 5. The van der Waals surface area contributed by atoms with Gasteiger partial charge in [0.1, 0.15) is 17.1 Å². The van der Waals surface area contributed by atoms with Crippen LogP contribution in [0.25, 0.3) is 0 Å². The first-order valence-electron chi connectivity index (χ1n) is 6.10. The molecule has 0 aliphatic rings. The largest absolute Gasteiger partial charge is 0.496 e. The summed E-state index contributed by atoms with van der Waals surface area (Å²) < 4.78 is 17.5. The molecule has 6 heteroatoms. The first kappa shape index (κ1) is 17.3. The summed E-state index contributed by atoms with van der Waals surface area (Å²) in [5, 5.41) is 0. The molecular formula is C14H18Br2O4. The van der Waals surface area contributed by atoms with Gasteiger partial charge in [0.05, 0.1) is 29.1 Å². The van der Waals surface area contributed by atoms with Gasteiger partial charge >= 0.3 is 5.97 Å². The predicted molar refractivity (Wildman–Crippen MR) is 84.4 cm³/mol. The predicted octanol–water partition coefficient (Wildman–Crippen LogP) is 4.33. The normalized spacial score (nSPS) is 11.1. The number of esters is 1. The fraction of sp³-hybridized carbons (Fsp3) is 0.500. The number of halogens is 2. The van der Waals surface area contributed by atoms with Crippen molar-refractivity contribution in [3.05, 3.63) is 21.1 Å². The van der Waals surface area contributed by atoms with Crippen molar-refractivity contribution in [2.24, 2.45) is 0 Å². The number of hydrogen-bond acceptors (Lipinski definition) is 4. The van der Waals surface area contributed by atoms with Crippen LogP contribution >= 0.6 is 31.9 Å². The van der Waals surface area contributed by atoms with Crippen LogP contribution in [0.4, 0.5) is 0 Å². The molecule has 4 nitrogen and oxygen atoms in total. The molecule has 0 radical (unpaired) electrons. The van der Waals surface area contributed by atoms with Crippen molar-refractivity contribution in [2.45, 2.75) is 32.8 Å². The van der Waals surface area contributed by atoms with Gasteiger partial charge in [0.25, 0.3) is 0 Å². The Hall–Kier alpha value is -0.750. The van der Waals surface area contributed by atoms with E-state index in [1.807, 2.05) is 20.8 Å². The monoisotopic (exact) mass is 408 g/mol. The summed E-state index contributed by atoms with van der Waals surface area (Å²) in [7, 11) is 1.59. The van der Waals surface area contributed by atoms with E-state index in [1.165, 1.54) is 0 Å². The van der Waals surface area contributed by atoms with Gasteiger partial charge in [0.15, 0.2) is 0 Å². The van der Waals surface area contributed by atoms with Crippen LogP contribution in [-0.2, 0) is 9.53 Å². The molecule has 1 rings (SSSR count). The number of ether oxygens (including phenoxy) is 3. The molecule has 1 aromatic rings. The minimum Gasteiger partial charge on any atom is -0.496 e. The third-order valence-corrected chi connectivity index (χ3v) is 3.43. The molecule has 1 aromatic carbocycles. The minimum absolute atomic E-state index is 0.202. The van der Waals surface area contributed by atoms with Crippen molar-refractivity contribution in [1.29, 1.82) is 0 Å². The van der Waals surface area contributed by atoms with Crippen LogP contribution in [0.5, 0.6) is 11.5 Å². The quantitative estimate of drug-likeness (QED) is 0.679. The molecule has 0 amide bonds. The highest BCUT2D eigenvalue weighted by molar-refractivity contribution is 9.11. The van der Waals surface area contributed by atoms with Crippen LogP contribution in [0.2, 0.25) is 0 Å². The number of methoxy groups -OCH3 is 1. The van der Waals surface area contributed by atoms with Crippen molar-refractivity contribution in [3.63, 3.8) is 0 Å². The van der Waals surface area contributed by atoms with Crippen molar-refractivity contribution < 1.29 is 19.0 Å². The van der Waals surface area contributed by atoms with Gasteiger partial charge in [0, 0.05) is 0 Å². The second-order valence-corrected chi connectivity index (χ2v) is 6.81. The summed E-state index contributed by atoms with van der Waals surface area (Å²) in [6.45, 7) is 5.76. The summed E-state index contributed by atoms with van der Waals surface area (Å²) in [6, 6.07) is 3.59. The highest BCUT2D eigenvalue weighted by atomic mass is 79.9. The number of carbonyl (C=O) groups excluding carboxylic acids is 1. The number of carbonyl (C=O) groups is 1. The molecule has 0 spiro atoms. The van der Waals surface area contributed by atoms with Crippen LogP contribution in [0.1, 0.15) is 27.2 Å². The maximum Gasteiger partial charge on any atom is 0.309 e. The van der Waals surface area contributed by atoms with Crippen molar-refractivity contribution in [3.8, 4) is 11.5 Å². The Balaban J connectivity index is 2.54. The maximum absolute atomic E-state index is 11.6. The molecule has 0 unspecified atom stereocenters. The summed E-state index contributed by atoms with van der Waals surface area (Å²) >= 11 is 6.78. The standard InChI is InChI=1S/C14H18Br2O4/c1-14(2,3)20-13(17)5-6-19-12-8-9(15)11(18-4)7-10(12)16/h7-8H,5-6H2,1-4H3. The zero-order chi connectivity index (χ0) is 15.3. The molecule has 0 N–H and O–H groups in total. The van der Waals surface area contributed by atoms with Crippen molar-refractivity contribution in [2.75, 3.05) is 13.7 Å². The van der Waals surface area contributed by atoms with Gasteiger partial charge in [-0.2, -0.15) is 0 Å². The van der Waals surface area contributed by atoms with Crippen LogP contribution < -0.4 is 9.47 Å². The van der Waals surface area contributed by atoms with E-state index in [-0.39, 0.29) is 19.0 Å². The molecule has 0 aromatic heterocycles. The Labute approximate surface area is 136 Å². The van der Waals surface area contributed by atoms with E-state index in [2.05, 4.69) is 31.9 Å². The van der Waals surface area contributed by atoms with E-state index in [4.69, 9.17) is 14.2 Å². The first-order valence-corrected chi connectivity index (χ1v) is 7.69. The Bertz CT molecular complexity index is 481. The topological polar surface area (TPSA) is 44.8 Å². The first-order chi connectivity index (χ1) is 9.23. The lowest BCUT2D eigenvalue weighted by molar-refractivity contribution is -0.155. The van der Waals surface area contributed by atoms with Gasteiger partial charge in [-0.05, 0) is 64.8 Å². The molecule has 112 valence electrons. The molecule has 0 aliphatic heterocycles. The van der Waals surface area contributed by atoms with Crippen molar-refractivity contribution >= 4 is 37.8 Å². The third-order valence-electron chi connectivity index (χ3n) is 2.19. The molecular weight excluding hydrogens is 392 g/mol. The summed E-state index contributed by atoms with van der Waals surface area (Å²) in [5.74, 6) is 1.07. The number of benzene rings is 1. The van der Waals surface area contributed by atoms with E-state index in [9.17, 15) is 4.79 Å². The zero-order valence-corrected chi connectivity index (χ0v) is 15.1. The maximum atomic E-state index is 11.6. The van der Waals surface area contributed by atoms with Crippen LogP contribution in [0.15, 0.2) is 21.1 Å². The van der Waals surface area contributed by atoms with E-state index in [0.717, 1.165) is 8.95 Å². The minimum atomic E-state index is -0.471. The van der Waals surface area contributed by atoms with E-state index in [0.29, 0.717) is 11.5 Å². The summed E-state index contributed by atoms with van der Waals surface area (Å²) in [4.78, 5) is 11.6. The fourth-order valence-corrected chi connectivity index (χ4v) is 2.34. The molecule has 0 bridgehead atoms. The van der Waals surface area contributed by atoms with Crippen LogP contribution in [0.3, 0.4) is 0 Å². The molecule has 20 heavy (non-hydrogen) atoms. The Kier molecular flexibility index (Phi) is 6.33. The SMILES string of the molecule is COc1cc(Br)c(OCCC(=O)OC(C)(C)C)cc1Br. The second kappa shape index (κ2) is 7.31. The smallest absolute Gasteiger partial charge is 0.309 e. The fourth-order valence-electron chi connectivity index (χ4n) is 1.41. The highest BCUT2D eigenvalue weighted by Crippen LogP contribution is 2.36. The zero-order valence-electron chi connectivity index (χ0n) is 12.0. The lowest BCUT2D eigenvalue weighted by Gasteiger charge is -2.19. The van der Waals surface area contributed by atoms with E-state index >= 15 is 0 Å². The van der Waals surface area contributed by atoms with Gasteiger partial charge in [-0.1, -0.05) is 0 Å². The molecule has 0 saturated carbocycles. The van der Waals surface area contributed by atoms with Gasteiger partial charge < -0.3 is 14.2 Å². The van der Waals surface area contributed by atoms with Crippen LogP contribution in [-0.4, -0.2) is 25.3 Å². The second-order valence-electron chi connectivity index (χ2n) is 5.10. The lowest BCUT2D eigenvalue weighted by Crippen LogP contribution is -2.24. The van der Waals surface area contributed by atoms with Gasteiger partial charge in [-0.15, -0.1) is 0 Å². The summed E-state index contributed by atoms with van der Waals surface area (Å²) in [6.07, 6.45) is 0.202. The van der Waals surface area contributed by atoms with E-state index in [1.54, 1.807) is 19.2 Å². The van der Waals surface area contributed by atoms with Crippen LogP contribution in [0, 0.1) is 0 Å². The average Bonchev–Trinajstić information content (AvgIpc) is 2.30. The molecule has 0 saturated heterocycles. The summed E-state index contributed by atoms with van der Waals surface area (Å²) in [5.41, 5.74) is -0.471.